The van der Waals surface area contributed by atoms with E-state index in [1.54, 1.807) is 0 Å². The second-order valence-electron chi connectivity index (χ2n) is 6.83. The van der Waals surface area contributed by atoms with Gasteiger partial charge in [-0.2, -0.15) is 0 Å². The Bertz CT molecular complexity index is 412. The Morgan fingerprint density at radius 1 is 1.26 bits per heavy atom. The van der Waals surface area contributed by atoms with Crippen LogP contribution in [0.25, 0.3) is 0 Å². The van der Waals surface area contributed by atoms with E-state index in [-0.39, 0.29) is 5.91 Å². The maximum absolute atomic E-state index is 11.2. The molecule has 2 unspecified atom stereocenters. The van der Waals surface area contributed by atoms with Crippen LogP contribution in [-0.4, -0.2) is 67.5 Å². The first-order valence-corrected chi connectivity index (χ1v) is 9.12. The zero-order valence-corrected chi connectivity index (χ0v) is 14.8. The summed E-state index contributed by atoms with van der Waals surface area (Å²) < 4.78 is 0. The van der Waals surface area contributed by atoms with Gasteiger partial charge < -0.3 is 16.0 Å². The van der Waals surface area contributed by atoms with Gasteiger partial charge in [0.05, 0.1) is 0 Å². The Balaban J connectivity index is 1.85. The highest BCUT2D eigenvalue weighted by atomic mass is 16.1. The lowest BCUT2D eigenvalue weighted by atomic mass is 9.95. The molecule has 2 aliphatic rings. The van der Waals surface area contributed by atoms with Crippen LogP contribution in [-0.2, 0) is 4.79 Å². The van der Waals surface area contributed by atoms with Crippen LogP contribution in [0.15, 0.2) is 4.99 Å². The van der Waals surface area contributed by atoms with Crippen molar-refractivity contribution in [2.75, 3.05) is 39.8 Å². The van der Waals surface area contributed by atoms with Crippen molar-refractivity contribution in [2.45, 2.75) is 51.5 Å². The van der Waals surface area contributed by atoms with Crippen LogP contribution in [0.4, 0.5) is 0 Å². The first-order chi connectivity index (χ1) is 11.1. The largest absolute Gasteiger partial charge is 0.370 e. The van der Waals surface area contributed by atoms with Gasteiger partial charge in [-0.1, -0.05) is 13.3 Å². The van der Waals surface area contributed by atoms with E-state index in [1.165, 1.54) is 25.8 Å². The normalized spacial score (nSPS) is 27.0. The number of rotatable bonds is 5. The van der Waals surface area contributed by atoms with E-state index < -0.39 is 0 Å². The van der Waals surface area contributed by atoms with Crippen molar-refractivity contribution in [3.05, 3.63) is 0 Å². The van der Waals surface area contributed by atoms with Gasteiger partial charge in [0.1, 0.15) is 0 Å². The van der Waals surface area contributed by atoms with Crippen molar-refractivity contribution in [3.8, 4) is 0 Å². The molecular weight excluding hydrogens is 290 g/mol. The van der Waals surface area contributed by atoms with E-state index in [1.807, 2.05) is 7.05 Å². The number of likely N-dealkylation sites (tertiary alicyclic amines) is 2. The molecule has 0 aromatic heterocycles. The van der Waals surface area contributed by atoms with Gasteiger partial charge >= 0.3 is 0 Å². The Morgan fingerprint density at radius 3 is 2.78 bits per heavy atom. The molecule has 2 heterocycles. The molecule has 6 nitrogen and oxygen atoms in total. The molecule has 1 amide bonds. The number of amides is 1. The van der Waals surface area contributed by atoms with E-state index in [2.05, 4.69) is 27.0 Å². The number of nitrogens with zero attached hydrogens (tertiary/aromatic N) is 3. The van der Waals surface area contributed by atoms with E-state index in [4.69, 9.17) is 5.73 Å². The summed E-state index contributed by atoms with van der Waals surface area (Å²) in [4.78, 5) is 20.5. The molecular formula is C17H33N5O. The van der Waals surface area contributed by atoms with Gasteiger partial charge in [0.25, 0.3) is 0 Å². The zero-order valence-electron chi connectivity index (χ0n) is 14.8. The second kappa shape index (κ2) is 9.11. The van der Waals surface area contributed by atoms with Gasteiger partial charge in [0, 0.05) is 39.1 Å². The molecule has 2 fully saturated rings. The Kier molecular flexibility index (Phi) is 7.15. The van der Waals surface area contributed by atoms with Gasteiger partial charge in [0.15, 0.2) is 5.96 Å². The number of hydrogen-bond acceptors (Lipinski definition) is 3. The highest BCUT2D eigenvalue weighted by molar-refractivity contribution is 5.80. The molecule has 2 saturated heterocycles. The summed E-state index contributed by atoms with van der Waals surface area (Å²) in [5.74, 6) is 1.14. The number of primary amides is 1. The van der Waals surface area contributed by atoms with Gasteiger partial charge in [0.2, 0.25) is 5.91 Å². The molecule has 0 saturated carbocycles. The van der Waals surface area contributed by atoms with Crippen LogP contribution in [0.1, 0.15) is 45.4 Å². The van der Waals surface area contributed by atoms with Crippen molar-refractivity contribution in [2.24, 2.45) is 16.6 Å². The van der Waals surface area contributed by atoms with Crippen LogP contribution in [0.3, 0.4) is 0 Å². The summed E-state index contributed by atoms with van der Waals surface area (Å²) in [7, 11) is 1.85. The van der Waals surface area contributed by atoms with Crippen molar-refractivity contribution >= 4 is 11.9 Å². The lowest BCUT2D eigenvalue weighted by Gasteiger charge is -2.38. The molecule has 132 valence electrons. The van der Waals surface area contributed by atoms with Crippen LogP contribution in [0.5, 0.6) is 0 Å². The quantitative estimate of drug-likeness (QED) is 0.585. The molecule has 0 aromatic rings. The molecule has 2 atom stereocenters. The Labute approximate surface area is 140 Å². The lowest BCUT2D eigenvalue weighted by molar-refractivity contribution is -0.119. The monoisotopic (exact) mass is 323 g/mol. The molecule has 2 aliphatic heterocycles. The minimum absolute atomic E-state index is 0.194. The molecule has 0 radical (unpaired) electrons. The van der Waals surface area contributed by atoms with Crippen LogP contribution in [0.2, 0.25) is 0 Å². The van der Waals surface area contributed by atoms with E-state index in [9.17, 15) is 4.79 Å². The maximum atomic E-state index is 11.2. The smallest absolute Gasteiger partial charge is 0.217 e. The third-order valence-electron chi connectivity index (χ3n) is 5.17. The first-order valence-electron chi connectivity index (χ1n) is 9.12. The second-order valence-corrected chi connectivity index (χ2v) is 6.83. The summed E-state index contributed by atoms with van der Waals surface area (Å²) in [5.41, 5.74) is 5.36. The average Bonchev–Trinajstić information content (AvgIpc) is 2.55. The fraction of sp³-hybridized carbons (Fsp3) is 0.882. The molecule has 23 heavy (non-hydrogen) atoms. The fourth-order valence-corrected chi connectivity index (χ4v) is 3.96. The fourth-order valence-electron chi connectivity index (χ4n) is 3.96. The van der Waals surface area contributed by atoms with Gasteiger partial charge in [-0.05, 0) is 44.7 Å². The predicted octanol–water partition coefficient (Wildman–Crippen LogP) is 1.02. The van der Waals surface area contributed by atoms with E-state index >= 15 is 0 Å². The Morgan fingerprint density at radius 2 is 2.09 bits per heavy atom. The molecule has 0 bridgehead atoms. The minimum Gasteiger partial charge on any atom is -0.370 e. The molecule has 6 heteroatoms. The summed E-state index contributed by atoms with van der Waals surface area (Å²) in [6.07, 6.45) is 6.58. The standard InChI is InChI=1S/C17H33N5O/c1-3-21-9-5-4-8-15(21)12-20-17(19-2)22-10-6-7-14(13-22)11-16(18)23/h14-15H,3-13H2,1-2H3,(H2,18,23)(H,19,20). The van der Waals surface area contributed by atoms with E-state index in [0.29, 0.717) is 18.4 Å². The third kappa shape index (κ3) is 5.37. The van der Waals surface area contributed by atoms with E-state index in [0.717, 1.165) is 45.0 Å². The van der Waals surface area contributed by atoms with Gasteiger partial charge in [-0.3, -0.25) is 14.7 Å². The topological polar surface area (TPSA) is 74.0 Å². The van der Waals surface area contributed by atoms with Crippen molar-refractivity contribution in [3.63, 3.8) is 0 Å². The lowest BCUT2D eigenvalue weighted by Crippen LogP contribution is -2.52. The van der Waals surface area contributed by atoms with Crippen LogP contribution < -0.4 is 11.1 Å². The minimum atomic E-state index is -0.194. The summed E-state index contributed by atoms with van der Waals surface area (Å²) in [6, 6.07) is 0.608. The predicted molar refractivity (Wildman–Crippen MR) is 94.4 cm³/mol. The van der Waals surface area contributed by atoms with Crippen molar-refractivity contribution < 1.29 is 4.79 Å². The number of likely N-dealkylation sites (N-methyl/N-ethyl adjacent to an activating group) is 1. The molecule has 3 N–H and O–H groups in total. The first kappa shape index (κ1) is 18.0. The molecule has 2 rings (SSSR count). The number of carbonyl (C=O) groups excluding carboxylic acids is 1. The average molecular weight is 323 g/mol. The number of nitrogens with one attached hydrogen (secondary N) is 1. The Hall–Kier alpha value is -1.30. The number of piperidine rings is 2. The van der Waals surface area contributed by atoms with Crippen molar-refractivity contribution in [1.29, 1.82) is 0 Å². The third-order valence-corrected chi connectivity index (χ3v) is 5.17. The number of hydrogen-bond donors (Lipinski definition) is 2. The molecule has 0 spiro atoms. The van der Waals surface area contributed by atoms with Crippen LogP contribution in [0, 0.1) is 5.92 Å². The SMILES string of the molecule is CCN1CCCCC1CNC(=NC)N1CCCC(CC(N)=O)C1. The summed E-state index contributed by atoms with van der Waals surface area (Å²) in [5, 5.41) is 3.57. The van der Waals surface area contributed by atoms with Gasteiger partial charge in [-0.25, -0.2) is 0 Å². The van der Waals surface area contributed by atoms with Crippen LogP contribution >= 0.6 is 0 Å². The highest BCUT2D eigenvalue weighted by Gasteiger charge is 2.25. The summed E-state index contributed by atoms with van der Waals surface area (Å²) >= 11 is 0. The number of nitrogens with two attached hydrogens (primary N) is 1. The summed E-state index contributed by atoms with van der Waals surface area (Å²) in [6.45, 7) is 7.42. The number of aliphatic imine (C=N–C) groups is 1. The van der Waals surface area contributed by atoms with Gasteiger partial charge in [-0.15, -0.1) is 0 Å². The highest BCUT2D eigenvalue weighted by Crippen LogP contribution is 2.20. The molecule has 0 aliphatic carbocycles. The zero-order chi connectivity index (χ0) is 16.7. The van der Waals surface area contributed by atoms with Crippen molar-refractivity contribution in [1.82, 2.24) is 15.1 Å². The molecule has 0 aromatic carbocycles. The number of carbonyl (C=O) groups is 1. The number of guanidine groups is 1. The maximum Gasteiger partial charge on any atom is 0.217 e.